The van der Waals surface area contributed by atoms with Crippen molar-refractivity contribution in [1.29, 1.82) is 0 Å². The second-order valence-corrected chi connectivity index (χ2v) is 7.43. The van der Waals surface area contributed by atoms with Gasteiger partial charge >= 0.3 is 5.97 Å². The highest BCUT2D eigenvalue weighted by molar-refractivity contribution is 7.17. The van der Waals surface area contributed by atoms with Gasteiger partial charge < -0.3 is 20.8 Å². The largest absolute Gasteiger partial charge is 0.448 e. The van der Waals surface area contributed by atoms with E-state index in [4.69, 9.17) is 10.5 Å². The first-order valence-corrected chi connectivity index (χ1v) is 9.25. The molecule has 2 aromatic rings. The molecule has 2 heterocycles. The molecule has 0 fully saturated rings. The molecule has 27 heavy (non-hydrogen) atoms. The maximum atomic E-state index is 12.4. The number of carbonyl (C=O) groups excluding carboxylic acids is 4. The molecule has 1 aliphatic carbocycles. The quantitative estimate of drug-likeness (QED) is 0.514. The molecular weight excluding hydrogens is 370 g/mol. The van der Waals surface area contributed by atoms with Gasteiger partial charge in [-0.2, -0.15) is 0 Å². The van der Waals surface area contributed by atoms with Crippen LogP contribution < -0.4 is 11.1 Å². The molecule has 3 rings (SSSR count). The fraction of sp³-hybridized carbons (Fsp3) is 0.333. The van der Waals surface area contributed by atoms with Gasteiger partial charge in [-0.1, -0.05) is 0 Å². The third kappa shape index (κ3) is 3.77. The molecule has 0 saturated carbocycles. The van der Waals surface area contributed by atoms with Crippen LogP contribution in [0.4, 0.5) is 5.00 Å². The lowest BCUT2D eigenvalue weighted by atomic mass is 10.1. The summed E-state index contributed by atoms with van der Waals surface area (Å²) in [5.74, 6) is -2.10. The van der Waals surface area contributed by atoms with Crippen LogP contribution in [0.1, 0.15) is 61.9 Å². The number of aromatic nitrogens is 1. The Morgan fingerprint density at radius 1 is 1.30 bits per heavy atom. The number of ether oxygens (including phenoxy) is 1. The van der Waals surface area contributed by atoms with Crippen molar-refractivity contribution in [3.8, 4) is 0 Å². The minimum atomic E-state index is -1.10. The molecular formula is C18H19N3O5S. The maximum absolute atomic E-state index is 12.4. The molecule has 0 aliphatic heterocycles. The number of fused-ring (bicyclic) bond motifs is 1. The van der Waals surface area contributed by atoms with Crippen molar-refractivity contribution in [1.82, 2.24) is 4.98 Å². The normalized spacial score (nSPS) is 13.7. The number of anilines is 1. The van der Waals surface area contributed by atoms with Gasteiger partial charge in [-0.3, -0.25) is 14.4 Å². The maximum Gasteiger partial charge on any atom is 0.355 e. The third-order valence-electron chi connectivity index (χ3n) is 4.37. The van der Waals surface area contributed by atoms with E-state index in [1.54, 1.807) is 0 Å². The predicted octanol–water partition coefficient (Wildman–Crippen LogP) is 2.05. The number of esters is 1. The number of aryl methyl sites for hydroxylation is 1. The van der Waals surface area contributed by atoms with Gasteiger partial charge in [0.1, 0.15) is 10.7 Å². The summed E-state index contributed by atoms with van der Waals surface area (Å²) in [6, 6.07) is 1.37. The Balaban J connectivity index is 1.68. The van der Waals surface area contributed by atoms with E-state index in [2.05, 4.69) is 10.3 Å². The van der Waals surface area contributed by atoms with E-state index in [0.717, 1.165) is 29.7 Å². The van der Waals surface area contributed by atoms with Crippen LogP contribution in [-0.2, 0) is 22.4 Å². The van der Waals surface area contributed by atoms with Gasteiger partial charge in [0.25, 0.3) is 11.8 Å². The minimum Gasteiger partial charge on any atom is -0.448 e. The van der Waals surface area contributed by atoms with Crippen molar-refractivity contribution >= 4 is 39.9 Å². The highest BCUT2D eigenvalue weighted by Gasteiger charge is 2.28. The van der Waals surface area contributed by atoms with E-state index in [0.29, 0.717) is 16.1 Å². The lowest BCUT2D eigenvalue weighted by molar-refractivity contribution is -0.123. The van der Waals surface area contributed by atoms with Gasteiger partial charge in [-0.05, 0) is 44.7 Å². The van der Waals surface area contributed by atoms with E-state index in [-0.39, 0.29) is 11.5 Å². The lowest BCUT2D eigenvalue weighted by Crippen LogP contribution is -2.30. The molecule has 0 radical (unpaired) electrons. The van der Waals surface area contributed by atoms with Crippen LogP contribution in [0, 0.1) is 0 Å². The summed E-state index contributed by atoms with van der Waals surface area (Å²) in [4.78, 5) is 51.3. The fourth-order valence-electron chi connectivity index (χ4n) is 2.96. The number of primary amides is 1. The molecule has 142 valence electrons. The molecule has 2 aromatic heterocycles. The summed E-state index contributed by atoms with van der Waals surface area (Å²) < 4.78 is 5.14. The van der Waals surface area contributed by atoms with Crippen LogP contribution in [-0.4, -0.2) is 34.7 Å². The zero-order valence-corrected chi connectivity index (χ0v) is 15.7. The minimum absolute atomic E-state index is 0.0766. The third-order valence-corrected chi connectivity index (χ3v) is 5.57. The molecule has 0 saturated heterocycles. The van der Waals surface area contributed by atoms with Gasteiger partial charge in [-0.25, -0.2) is 4.79 Å². The molecule has 8 nitrogen and oxygen atoms in total. The molecule has 4 N–H and O–H groups in total. The van der Waals surface area contributed by atoms with E-state index in [1.807, 2.05) is 0 Å². The average Bonchev–Trinajstić information content (AvgIpc) is 3.29. The van der Waals surface area contributed by atoms with Gasteiger partial charge in [0.05, 0.1) is 5.56 Å². The van der Waals surface area contributed by atoms with Gasteiger partial charge in [0.15, 0.2) is 11.9 Å². The second-order valence-electron chi connectivity index (χ2n) is 6.32. The van der Waals surface area contributed by atoms with E-state index in [9.17, 15) is 19.2 Å². The second kappa shape index (κ2) is 7.36. The zero-order chi connectivity index (χ0) is 19.7. The zero-order valence-electron chi connectivity index (χ0n) is 14.9. The van der Waals surface area contributed by atoms with Crippen molar-refractivity contribution in [2.45, 2.75) is 39.2 Å². The number of amides is 2. The van der Waals surface area contributed by atoms with Crippen LogP contribution >= 0.6 is 11.3 Å². The van der Waals surface area contributed by atoms with Crippen molar-refractivity contribution in [3.05, 3.63) is 39.5 Å². The number of aromatic amines is 1. The first-order chi connectivity index (χ1) is 12.8. The Morgan fingerprint density at radius 2 is 2.04 bits per heavy atom. The van der Waals surface area contributed by atoms with E-state index < -0.39 is 23.9 Å². The summed E-state index contributed by atoms with van der Waals surface area (Å²) in [6.45, 7) is 2.80. The molecule has 2 amide bonds. The highest BCUT2D eigenvalue weighted by Crippen LogP contribution is 2.38. The Kier molecular flexibility index (Phi) is 5.13. The Hall–Kier alpha value is -2.94. The van der Waals surface area contributed by atoms with Crippen LogP contribution in [0.2, 0.25) is 0 Å². The first kappa shape index (κ1) is 18.8. The number of nitrogens with one attached hydrogen (secondary N) is 2. The van der Waals surface area contributed by atoms with Crippen molar-refractivity contribution in [3.63, 3.8) is 0 Å². The Morgan fingerprint density at radius 3 is 2.67 bits per heavy atom. The molecule has 0 bridgehead atoms. The Bertz CT molecular complexity index is 943. The van der Waals surface area contributed by atoms with Crippen molar-refractivity contribution in [2.24, 2.45) is 5.73 Å². The number of ketones is 1. The van der Waals surface area contributed by atoms with Crippen LogP contribution in [0.25, 0.3) is 0 Å². The molecule has 1 aliphatic rings. The van der Waals surface area contributed by atoms with E-state index >= 15 is 0 Å². The SMILES string of the molecule is CC(=O)c1c[nH]c(C(=O)O[C@H](C)C(=O)Nc2sc3c(c2C(N)=O)CCC3)c1. The van der Waals surface area contributed by atoms with Gasteiger partial charge in [-0.15, -0.1) is 11.3 Å². The van der Waals surface area contributed by atoms with E-state index in [1.165, 1.54) is 37.4 Å². The number of hydrogen-bond donors (Lipinski definition) is 3. The molecule has 0 spiro atoms. The monoisotopic (exact) mass is 389 g/mol. The molecule has 9 heteroatoms. The number of nitrogens with two attached hydrogens (primary N) is 1. The number of H-pyrrole nitrogens is 1. The fourth-order valence-corrected chi connectivity index (χ4v) is 4.26. The van der Waals surface area contributed by atoms with Crippen LogP contribution in [0.5, 0.6) is 0 Å². The summed E-state index contributed by atoms with van der Waals surface area (Å²) in [7, 11) is 0. The Labute approximate surface area is 159 Å². The molecule has 0 aromatic carbocycles. The number of thiophene rings is 1. The van der Waals surface area contributed by atoms with Crippen LogP contribution in [0.15, 0.2) is 12.3 Å². The van der Waals surface area contributed by atoms with Gasteiger partial charge in [0.2, 0.25) is 0 Å². The summed E-state index contributed by atoms with van der Waals surface area (Å²) in [5.41, 5.74) is 7.13. The summed E-state index contributed by atoms with van der Waals surface area (Å²) >= 11 is 1.33. The lowest BCUT2D eigenvalue weighted by Gasteiger charge is -2.13. The summed E-state index contributed by atoms with van der Waals surface area (Å²) in [5, 5.41) is 3.03. The highest BCUT2D eigenvalue weighted by atomic mass is 32.1. The number of Topliss-reactive ketones (excluding diaryl/α,β-unsaturated/α-hetero) is 1. The number of carbonyl (C=O) groups is 4. The number of hydrogen-bond acceptors (Lipinski definition) is 6. The summed E-state index contributed by atoms with van der Waals surface area (Å²) in [6.07, 6.45) is 2.87. The predicted molar refractivity (Wildman–Crippen MR) is 99.2 cm³/mol. The van der Waals surface area contributed by atoms with Crippen molar-refractivity contribution in [2.75, 3.05) is 5.32 Å². The average molecular weight is 389 g/mol. The first-order valence-electron chi connectivity index (χ1n) is 8.43. The number of rotatable bonds is 6. The smallest absolute Gasteiger partial charge is 0.355 e. The standard InChI is InChI=1S/C18H19N3O5S/c1-8(22)10-6-12(20-7-10)18(25)26-9(2)16(24)21-17-14(15(19)23)11-4-3-5-13(11)27-17/h6-7,9,20H,3-5H2,1-2H3,(H2,19,23)(H,21,24)/t9-/m1/s1. The molecule has 1 atom stereocenters. The topological polar surface area (TPSA) is 131 Å². The molecule has 0 unspecified atom stereocenters. The van der Waals surface area contributed by atoms with Gasteiger partial charge in [0, 0.05) is 16.6 Å². The van der Waals surface area contributed by atoms with Crippen molar-refractivity contribution < 1.29 is 23.9 Å². The van der Waals surface area contributed by atoms with Crippen LogP contribution in [0.3, 0.4) is 0 Å².